The van der Waals surface area contributed by atoms with Crippen LogP contribution < -0.4 is 14.8 Å². The Bertz CT molecular complexity index is 875. The van der Waals surface area contributed by atoms with Crippen LogP contribution in [0.3, 0.4) is 0 Å². The lowest BCUT2D eigenvalue weighted by Crippen LogP contribution is -2.11. The van der Waals surface area contributed by atoms with E-state index in [4.69, 9.17) is 25.5 Å². The van der Waals surface area contributed by atoms with E-state index in [1.807, 2.05) is 24.3 Å². The van der Waals surface area contributed by atoms with Crippen molar-refractivity contribution < 1.29 is 18.7 Å². The SMILES string of the molecule is COc1ccccc1NC(=O)c1ccc(COc2ccccc2Cl)o1. The lowest BCUT2D eigenvalue weighted by molar-refractivity contribution is 0.0992. The summed E-state index contributed by atoms with van der Waals surface area (Å²) < 4.78 is 16.3. The molecule has 0 aliphatic carbocycles. The first-order valence-electron chi connectivity index (χ1n) is 7.58. The minimum atomic E-state index is -0.367. The molecule has 1 heterocycles. The van der Waals surface area contributed by atoms with Gasteiger partial charge in [-0.15, -0.1) is 0 Å². The van der Waals surface area contributed by atoms with Crippen LogP contribution in [0.15, 0.2) is 65.1 Å². The van der Waals surface area contributed by atoms with Crippen LogP contribution in [0.2, 0.25) is 5.02 Å². The highest BCUT2D eigenvalue weighted by molar-refractivity contribution is 6.32. The Labute approximate surface area is 150 Å². The first kappa shape index (κ1) is 16.9. The van der Waals surface area contributed by atoms with Gasteiger partial charge in [0.1, 0.15) is 23.9 Å². The third kappa shape index (κ3) is 4.14. The van der Waals surface area contributed by atoms with Crippen molar-refractivity contribution in [3.63, 3.8) is 0 Å². The summed E-state index contributed by atoms with van der Waals surface area (Å²) in [6, 6.07) is 17.6. The van der Waals surface area contributed by atoms with Crippen LogP contribution in [0.5, 0.6) is 11.5 Å². The van der Waals surface area contributed by atoms with Crippen molar-refractivity contribution in [3.8, 4) is 11.5 Å². The molecule has 0 saturated heterocycles. The topological polar surface area (TPSA) is 60.7 Å². The van der Waals surface area contributed by atoms with Crippen LogP contribution in [0.1, 0.15) is 16.3 Å². The van der Waals surface area contributed by atoms with E-state index in [0.717, 1.165) is 0 Å². The van der Waals surface area contributed by atoms with E-state index >= 15 is 0 Å². The maximum absolute atomic E-state index is 12.3. The maximum atomic E-state index is 12.3. The van der Waals surface area contributed by atoms with Gasteiger partial charge < -0.3 is 19.2 Å². The number of methoxy groups -OCH3 is 1. The Morgan fingerprint density at radius 3 is 2.52 bits per heavy atom. The normalized spacial score (nSPS) is 10.3. The molecule has 2 aromatic carbocycles. The van der Waals surface area contributed by atoms with E-state index in [1.165, 1.54) is 0 Å². The molecule has 128 valence electrons. The molecular formula is C19H16ClNO4. The maximum Gasteiger partial charge on any atom is 0.291 e. The fraction of sp³-hybridized carbons (Fsp3) is 0.105. The van der Waals surface area contributed by atoms with E-state index in [1.54, 1.807) is 43.5 Å². The second kappa shape index (κ2) is 7.77. The first-order valence-corrected chi connectivity index (χ1v) is 7.95. The van der Waals surface area contributed by atoms with Gasteiger partial charge >= 0.3 is 0 Å². The van der Waals surface area contributed by atoms with Gasteiger partial charge in [0, 0.05) is 0 Å². The number of rotatable bonds is 6. The predicted octanol–water partition coefficient (Wildman–Crippen LogP) is 4.77. The Balaban J connectivity index is 1.64. The second-order valence-electron chi connectivity index (χ2n) is 5.14. The minimum absolute atomic E-state index is 0.172. The van der Waals surface area contributed by atoms with Gasteiger partial charge in [0.05, 0.1) is 17.8 Å². The van der Waals surface area contributed by atoms with Gasteiger partial charge in [-0.05, 0) is 36.4 Å². The molecule has 6 heteroatoms. The largest absolute Gasteiger partial charge is 0.495 e. The molecule has 25 heavy (non-hydrogen) atoms. The Hall–Kier alpha value is -2.92. The molecule has 3 rings (SSSR count). The van der Waals surface area contributed by atoms with Crippen LogP contribution in [0.25, 0.3) is 0 Å². The third-order valence-corrected chi connectivity index (χ3v) is 3.76. The van der Waals surface area contributed by atoms with Gasteiger partial charge in [0.15, 0.2) is 5.76 Å². The van der Waals surface area contributed by atoms with Gasteiger partial charge in [-0.2, -0.15) is 0 Å². The van der Waals surface area contributed by atoms with Gasteiger partial charge in [0.25, 0.3) is 5.91 Å². The van der Waals surface area contributed by atoms with E-state index in [0.29, 0.717) is 28.0 Å². The molecule has 1 amide bonds. The zero-order valence-electron chi connectivity index (χ0n) is 13.5. The van der Waals surface area contributed by atoms with Crippen molar-refractivity contribution in [2.45, 2.75) is 6.61 Å². The number of amides is 1. The fourth-order valence-electron chi connectivity index (χ4n) is 2.22. The summed E-state index contributed by atoms with van der Waals surface area (Å²) in [6.45, 7) is 0.172. The monoisotopic (exact) mass is 357 g/mol. The van der Waals surface area contributed by atoms with Crippen molar-refractivity contribution in [2.24, 2.45) is 0 Å². The van der Waals surface area contributed by atoms with Gasteiger partial charge in [0.2, 0.25) is 0 Å². The number of benzene rings is 2. The Kier molecular flexibility index (Phi) is 5.26. The number of hydrogen-bond donors (Lipinski definition) is 1. The molecule has 0 saturated carbocycles. The molecule has 0 unspecified atom stereocenters. The number of carbonyl (C=O) groups excluding carboxylic acids is 1. The van der Waals surface area contributed by atoms with Crippen molar-refractivity contribution in [2.75, 3.05) is 12.4 Å². The zero-order valence-corrected chi connectivity index (χ0v) is 14.2. The molecule has 1 aromatic heterocycles. The molecule has 0 aliphatic rings. The number of halogens is 1. The van der Waals surface area contributed by atoms with Gasteiger partial charge in [-0.1, -0.05) is 35.9 Å². The van der Waals surface area contributed by atoms with E-state index in [2.05, 4.69) is 5.32 Å². The highest BCUT2D eigenvalue weighted by atomic mass is 35.5. The quantitative estimate of drug-likeness (QED) is 0.690. The molecule has 0 fully saturated rings. The van der Waals surface area contributed by atoms with E-state index in [9.17, 15) is 4.79 Å². The zero-order chi connectivity index (χ0) is 17.6. The summed E-state index contributed by atoms with van der Waals surface area (Å²) in [4.78, 5) is 12.3. The van der Waals surface area contributed by atoms with Crippen LogP contribution in [0, 0.1) is 0 Å². The van der Waals surface area contributed by atoms with E-state index < -0.39 is 0 Å². The van der Waals surface area contributed by atoms with Crippen molar-refractivity contribution in [3.05, 3.63) is 77.2 Å². The number of anilines is 1. The van der Waals surface area contributed by atoms with Crippen LogP contribution >= 0.6 is 11.6 Å². The standard InChI is InChI=1S/C19H16ClNO4/c1-23-17-9-5-3-7-15(17)21-19(22)18-11-10-13(25-18)12-24-16-8-4-2-6-14(16)20/h2-11H,12H2,1H3,(H,21,22). The van der Waals surface area contributed by atoms with E-state index in [-0.39, 0.29) is 18.3 Å². The van der Waals surface area contributed by atoms with Crippen LogP contribution in [-0.4, -0.2) is 13.0 Å². The number of hydrogen-bond acceptors (Lipinski definition) is 4. The molecule has 0 aliphatic heterocycles. The number of nitrogens with one attached hydrogen (secondary N) is 1. The lowest BCUT2D eigenvalue weighted by atomic mass is 10.3. The molecule has 1 N–H and O–H groups in total. The molecule has 0 atom stereocenters. The second-order valence-corrected chi connectivity index (χ2v) is 5.55. The van der Waals surface area contributed by atoms with Crippen LogP contribution in [0.4, 0.5) is 5.69 Å². The first-order chi connectivity index (χ1) is 12.2. The Morgan fingerprint density at radius 1 is 1.04 bits per heavy atom. The number of carbonyl (C=O) groups is 1. The summed E-state index contributed by atoms with van der Waals surface area (Å²) >= 11 is 6.03. The summed E-state index contributed by atoms with van der Waals surface area (Å²) in [5.74, 6) is 1.47. The minimum Gasteiger partial charge on any atom is -0.495 e. The summed E-state index contributed by atoms with van der Waals surface area (Å²) in [7, 11) is 1.54. The smallest absolute Gasteiger partial charge is 0.291 e. The Morgan fingerprint density at radius 2 is 1.76 bits per heavy atom. The lowest BCUT2D eigenvalue weighted by Gasteiger charge is -2.08. The average molecular weight is 358 g/mol. The average Bonchev–Trinajstić information content (AvgIpc) is 3.11. The molecular weight excluding hydrogens is 342 g/mol. The molecule has 0 radical (unpaired) electrons. The van der Waals surface area contributed by atoms with Gasteiger partial charge in [-0.3, -0.25) is 4.79 Å². The predicted molar refractivity (Wildman–Crippen MR) is 95.4 cm³/mol. The number of furan rings is 1. The summed E-state index contributed by atoms with van der Waals surface area (Å²) in [5.41, 5.74) is 0.570. The fourth-order valence-corrected chi connectivity index (χ4v) is 2.41. The van der Waals surface area contributed by atoms with Crippen molar-refractivity contribution in [1.82, 2.24) is 0 Å². The van der Waals surface area contributed by atoms with Gasteiger partial charge in [-0.25, -0.2) is 0 Å². The third-order valence-electron chi connectivity index (χ3n) is 3.45. The molecule has 0 spiro atoms. The van der Waals surface area contributed by atoms with Crippen molar-refractivity contribution in [1.29, 1.82) is 0 Å². The molecule has 3 aromatic rings. The molecule has 5 nitrogen and oxygen atoms in total. The number of ether oxygens (including phenoxy) is 2. The van der Waals surface area contributed by atoms with Crippen LogP contribution in [-0.2, 0) is 6.61 Å². The highest BCUT2D eigenvalue weighted by Gasteiger charge is 2.14. The highest BCUT2D eigenvalue weighted by Crippen LogP contribution is 2.25. The summed E-state index contributed by atoms with van der Waals surface area (Å²) in [6.07, 6.45) is 0. The number of para-hydroxylation sites is 3. The van der Waals surface area contributed by atoms with Crippen molar-refractivity contribution >= 4 is 23.2 Å². The molecule has 0 bridgehead atoms. The summed E-state index contributed by atoms with van der Waals surface area (Å²) in [5, 5.41) is 3.27.